The van der Waals surface area contributed by atoms with Gasteiger partial charge < -0.3 is 4.74 Å². The molecule has 2 nitrogen and oxygen atoms in total. The highest BCUT2D eigenvalue weighted by atomic mass is 79.9. The summed E-state index contributed by atoms with van der Waals surface area (Å²) in [4.78, 5) is 11.8. The van der Waals surface area contributed by atoms with Gasteiger partial charge in [-0.3, -0.25) is 4.79 Å². The smallest absolute Gasteiger partial charge is 0.195 e. The van der Waals surface area contributed by atoms with Crippen LogP contribution in [0.25, 0.3) is 0 Å². The zero-order valence-corrected chi connectivity index (χ0v) is 11.8. The zero-order valence-electron chi connectivity index (χ0n) is 9.46. The second-order valence-electron chi connectivity index (χ2n) is 3.78. The van der Waals surface area contributed by atoms with E-state index in [-0.39, 0.29) is 5.78 Å². The summed E-state index contributed by atoms with van der Waals surface area (Å²) in [5.74, 6) is 0.738. The molecule has 0 fully saturated rings. The van der Waals surface area contributed by atoms with Crippen LogP contribution in [0.3, 0.4) is 0 Å². The van der Waals surface area contributed by atoms with Gasteiger partial charge in [-0.15, -0.1) is 11.6 Å². The fourth-order valence-corrected chi connectivity index (χ4v) is 1.76. The zero-order chi connectivity index (χ0) is 12.3. The monoisotopic (exact) mass is 304 g/mol. The fraction of sp³-hybridized carbons (Fsp3) is 0.417. The van der Waals surface area contributed by atoms with Crippen LogP contribution in [0.15, 0.2) is 18.2 Å². The molecule has 0 N–H and O–H groups in total. The molecule has 16 heavy (non-hydrogen) atoms. The molecular weight excluding hydrogens is 291 g/mol. The van der Waals surface area contributed by atoms with Gasteiger partial charge in [0.05, 0.1) is 12.7 Å². The number of carbonyl (C=O) groups excluding carboxylic acids is 1. The molecule has 88 valence electrons. The lowest BCUT2D eigenvalue weighted by molar-refractivity contribution is 0.101. The minimum Gasteiger partial charge on any atom is -0.496 e. The molecule has 0 saturated heterocycles. The molecular formula is C12H14BrClO2. The Labute approximate surface area is 109 Å². The number of carbonyl (C=O) groups is 1. The molecule has 0 saturated carbocycles. The Kier molecular flexibility index (Phi) is 4.81. The molecule has 0 radical (unpaired) electrons. The van der Waals surface area contributed by atoms with Crippen molar-refractivity contribution in [1.82, 2.24) is 0 Å². The fourth-order valence-electron chi connectivity index (χ4n) is 1.39. The molecule has 0 aliphatic rings. The Hall–Kier alpha value is -0.540. The van der Waals surface area contributed by atoms with Gasteiger partial charge in [0.1, 0.15) is 5.75 Å². The van der Waals surface area contributed by atoms with Gasteiger partial charge >= 0.3 is 0 Å². The van der Waals surface area contributed by atoms with E-state index in [4.69, 9.17) is 16.3 Å². The molecule has 1 unspecified atom stereocenters. The van der Waals surface area contributed by atoms with E-state index in [0.29, 0.717) is 17.2 Å². The van der Waals surface area contributed by atoms with Crippen molar-refractivity contribution in [2.24, 2.45) is 0 Å². The van der Waals surface area contributed by atoms with E-state index in [1.54, 1.807) is 13.2 Å². The van der Waals surface area contributed by atoms with E-state index in [9.17, 15) is 4.79 Å². The summed E-state index contributed by atoms with van der Waals surface area (Å²) in [5.41, 5.74) is 1.61. The molecule has 0 aromatic heterocycles. The van der Waals surface area contributed by atoms with Gasteiger partial charge in [0, 0.05) is 0 Å². The lowest BCUT2D eigenvalue weighted by Gasteiger charge is -2.12. The number of methoxy groups -OCH3 is 1. The Morgan fingerprint density at radius 2 is 2.06 bits per heavy atom. The van der Waals surface area contributed by atoms with Crippen LogP contribution in [0, 0.1) is 0 Å². The summed E-state index contributed by atoms with van der Waals surface area (Å²) in [6.45, 7) is 4.14. The van der Waals surface area contributed by atoms with E-state index in [0.717, 1.165) is 5.56 Å². The number of Topliss-reactive ketones (excluding diaryl/α,β-unsaturated/α-hetero) is 1. The molecule has 0 aliphatic carbocycles. The van der Waals surface area contributed by atoms with Gasteiger partial charge in [0.15, 0.2) is 10.1 Å². The molecule has 0 heterocycles. The van der Waals surface area contributed by atoms with E-state index < -0.39 is 4.29 Å². The van der Waals surface area contributed by atoms with Gasteiger partial charge in [-0.05, 0) is 23.6 Å². The highest BCUT2D eigenvalue weighted by Crippen LogP contribution is 2.27. The number of alkyl halides is 2. The van der Waals surface area contributed by atoms with Crippen molar-refractivity contribution >= 4 is 33.3 Å². The SMILES string of the molecule is COc1ccc(C(C)C)cc1C(=O)C(Cl)Br. The first-order valence-electron chi connectivity index (χ1n) is 4.97. The average molecular weight is 306 g/mol. The van der Waals surface area contributed by atoms with Crippen LogP contribution in [0.4, 0.5) is 0 Å². The Morgan fingerprint density at radius 3 is 2.50 bits per heavy atom. The molecule has 1 aromatic rings. The molecule has 0 bridgehead atoms. The summed E-state index contributed by atoms with van der Waals surface area (Å²) < 4.78 is 4.43. The van der Waals surface area contributed by atoms with Gasteiger partial charge in [-0.2, -0.15) is 0 Å². The molecule has 0 spiro atoms. The minimum atomic E-state index is -0.719. The van der Waals surface area contributed by atoms with Crippen LogP contribution >= 0.6 is 27.5 Å². The summed E-state index contributed by atoms with van der Waals surface area (Å²) in [5, 5.41) is 0. The van der Waals surface area contributed by atoms with Gasteiger partial charge in [0.25, 0.3) is 0 Å². The highest BCUT2D eigenvalue weighted by molar-refractivity contribution is 9.10. The lowest BCUT2D eigenvalue weighted by Crippen LogP contribution is -2.10. The number of benzene rings is 1. The number of rotatable bonds is 4. The van der Waals surface area contributed by atoms with Crippen molar-refractivity contribution in [2.75, 3.05) is 7.11 Å². The maximum Gasteiger partial charge on any atom is 0.195 e. The summed E-state index contributed by atoms with van der Waals surface area (Å²) in [6.07, 6.45) is 0. The maximum absolute atomic E-state index is 11.8. The predicted octanol–water partition coefficient (Wildman–Crippen LogP) is 3.96. The lowest BCUT2D eigenvalue weighted by atomic mass is 9.99. The largest absolute Gasteiger partial charge is 0.496 e. The van der Waals surface area contributed by atoms with Crippen LogP contribution < -0.4 is 4.74 Å². The third-order valence-electron chi connectivity index (χ3n) is 2.35. The van der Waals surface area contributed by atoms with Crippen molar-refractivity contribution in [1.29, 1.82) is 0 Å². The standard InChI is InChI=1S/C12H14BrClO2/c1-7(2)8-4-5-10(16-3)9(6-8)11(15)12(13)14/h4-7,12H,1-3H3. The highest BCUT2D eigenvalue weighted by Gasteiger charge is 2.19. The van der Waals surface area contributed by atoms with E-state index in [2.05, 4.69) is 29.8 Å². The van der Waals surface area contributed by atoms with Crippen molar-refractivity contribution in [3.05, 3.63) is 29.3 Å². The number of hydrogen-bond acceptors (Lipinski definition) is 2. The Morgan fingerprint density at radius 1 is 1.44 bits per heavy atom. The normalized spacial score (nSPS) is 12.6. The number of hydrogen-bond donors (Lipinski definition) is 0. The third-order valence-corrected chi connectivity index (χ3v) is 2.97. The molecule has 0 aliphatic heterocycles. The van der Waals surface area contributed by atoms with Crippen LogP contribution in [-0.4, -0.2) is 17.2 Å². The second kappa shape index (κ2) is 5.69. The maximum atomic E-state index is 11.8. The van der Waals surface area contributed by atoms with E-state index >= 15 is 0 Å². The minimum absolute atomic E-state index is 0.180. The summed E-state index contributed by atoms with van der Waals surface area (Å²) in [6, 6.07) is 5.59. The summed E-state index contributed by atoms with van der Waals surface area (Å²) in [7, 11) is 1.54. The van der Waals surface area contributed by atoms with Crippen LogP contribution in [0.5, 0.6) is 5.75 Å². The van der Waals surface area contributed by atoms with Crippen LogP contribution in [0.1, 0.15) is 35.7 Å². The molecule has 4 heteroatoms. The molecule has 1 aromatic carbocycles. The number of halogens is 2. The number of ketones is 1. The topological polar surface area (TPSA) is 26.3 Å². The van der Waals surface area contributed by atoms with E-state index in [1.807, 2.05) is 12.1 Å². The van der Waals surface area contributed by atoms with Gasteiger partial charge in [-0.25, -0.2) is 0 Å². The van der Waals surface area contributed by atoms with Crippen molar-refractivity contribution in [3.63, 3.8) is 0 Å². The van der Waals surface area contributed by atoms with Crippen molar-refractivity contribution in [2.45, 2.75) is 24.1 Å². The Balaban J connectivity index is 3.22. The van der Waals surface area contributed by atoms with E-state index in [1.165, 1.54) is 0 Å². The van der Waals surface area contributed by atoms with Gasteiger partial charge in [-0.1, -0.05) is 35.8 Å². The first-order chi connectivity index (χ1) is 7.47. The average Bonchev–Trinajstić information content (AvgIpc) is 2.26. The van der Waals surface area contributed by atoms with Crippen LogP contribution in [0.2, 0.25) is 0 Å². The first-order valence-corrected chi connectivity index (χ1v) is 6.33. The first kappa shape index (κ1) is 13.5. The predicted molar refractivity (Wildman–Crippen MR) is 70.0 cm³/mol. The van der Waals surface area contributed by atoms with Crippen molar-refractivity contribution < 1.29 is 9.53 Å². The van der Waals surface area contributed by atoms with Crippen LogP contribution in [-0.2, 0) is 0 Å². The number of ether oxygens (including phenoxy) is 1. The van der Waals surface area contributed by atoms with Crippen molar-refractivity contribution in [3.8, 4) is 5.75 Å². The molecule has 1 atom stereocenters. The molecule has 0 amide bonds. The quantitative estimate of drug-likeness (QED) is 0.621. The second-order valence-corrected chi connectivity index (χ2v) is 5.66. The third kappa shape index (κ3) is 2.98. The summed E-state index contributed by atoms with van der Waals surface area (Å²) >= 11 is 8.80. The molecule has 1 rings (SSSR count). The van der Waals surface area contributed by atoms with Gasteiger partial charge in [0.2, 0.25) is 0 Å². The Bertz CT molecular complexity index is 389.